The first-order chi connectivity index (χ1) is 8.26. The van der Waals surface area contributed by atoms with Gasteiger partial charge in [-0.25, -0.2) is 0 Å². The van der Waals surface area contributed by atoms with Gasteiger partial charge in [-0.15, -0.1) is 0 Å². The number of carbonyl (C=O) groups is 1. The molecule has 0 aromatic rings. The summed E-state index contributed by atoms with van der Waals surface area (Å²) in [5.74, 6) is -0.164. The smallest absolute Gasteiger partial charge is 0.352 e. The van der Waals surface area contributed by atoms with Crippen molar-refractivity contribution < 1.29 is 18.0 Å². The molecule has 0 fully saturated rings. The number of nitrogens with one attached hydrogen (secondary N) is 2. The van der Waals surface area contributed by atoms with Crippen LogP contribution < -0.4 is 10.6 Å². The summed E-state index contributed by atoms with van der Waals surface area (Å²) in [6, 6.07) is -0.362. The molecule has 0 bridgehead atoms. The summed E-state index contributed by atoms with van der Waals surface area (Å²) in [5.41, 5.74) is 0. The first kappa shape index (κ1) is 17.2. The van der Waals surface area contributed by atoms with Gasteiger partial charge in [0.2, 0.25) is 5.91 Å². The normalized spacial score (nSPS) is 15.2. The minimum atomic E-state index is -4.12. The van der Waals surface area contributed by atoms with E-state index in [1.165, 1.54) is 0 Å². The van der Waals surface area contributed by atoms with Crippen LogP contribution in [0.2, 0.25) is 0 Å². The summed E-state index contributed by atoms with van der Waals surface area (Å²) in [7, 11) is 0. The van der Waals surface area contributed by atoms with Crippen LogP contribution in [0.1, 0.15) is 46.5 Å². The molecule has 0 rings (SSSR count). The molecule has 1 amide bonds. The zero-order chi connectivity index (χ0) is 14.2. The highest BCUT2D eigenvalue weighted by atomic mass is 19.4. The number of hydrogen-bond donors (Lipinski definition) is 2. The van der Waals surface area contributed by atoms with E-state index >= 15 is 0 Å². The first-order valence-corrected chi connectivity index (χ1v) is 6.36. The first-order valence-electron chi connectivity index (χ1n) is 6.36. The molecular weight excluding hydrogens is 245 g/mol. The molecule has 0 aliphatic carbocycles. The van der Waals surface area contributed by atoms with Gasteiger partial charge in [-0.1, -0.05) is 13.3 Å². The number of alkyl halides is 3. The number of rotatable bonds is 8. The van der Waals surface area contributed by atoms with Crippen LogP contribution in [0.25, 0.3) is 0 Å². The average Bonchev–Trinajstić information content (AvgIpc) is 2.22. The highest BCUT2D eigenvalue weighted by molar-refractivity contribution is 5.81. The Morgan fingerprint density at radius 1 is 1.28 bits per heavy atom. The minimum absolute atomic E-state index is 0.00830. The van der Waals surface area contributed by atoms with Crippen LogP contribution in [0.3, 0.4) is 0 Å². The Morgan fingerprint density at radius 3 is 2.39 bits per heavy atom. The number of halogens is 3. The molecule has 0 saturated heterocycles. The molecular formula is C12H23F3N2O. The predicted octanol–water partition coefficient (Wildman–Crippen LogP) is 2.61. The van der Waals surface area contributed by atoms with Gasteiger partial charge in [0.25, 0.3) is 0 Å². The summed E-state index contributed by atoms with van der Waals surface area (Å²) in [5, 5.41) is 5.60. The third-order valence-electron chi connectivity index (χ3n) is 2.59. The van der Waals surface area contributed by atoms with E-state index in [1.54, 1.807) is 6.92 Å². The molecule has 2 unspecified atom stereocenters. The van der Waals surface area contributed by atoms with Gasteiger partial charge in [0.1, 0.15) is 0 Å². The van der Waals surface area contributed by atoms with Crippen molar-refractivity contribution in [2.75, 3.05) is 6.54 Å². The number of hydrogen-bond acceptors (Lipinski definition) is 2. The second-order valence-electron chi connectivity index (χ2n) is 4.59. The summed E-state index contributed by atoms with van der Waals surface area (Å²) < 4.78 is 35.7. The van der Waals surface area contributed by atoms with E-state index in [1.807, 2.05) is 13.8 Å². The number of amides is 1. The molecule has 3 nitrogen and oxygen atoms in total. The van der Waals surface area contributed by atoms with E-state index < -0.39 is 18.6 Å². The fourth-order valence-electron chi connectivity index (χ4n) is 1.57. The molecule has 108 valence electrons. The van der Waals surface area contributed by atoms with Crippen molar-refractivity contribution in [2.45, 2.75) is 64.7 Å². The van der Waals surface area contributed by atoms with Gasteiger partial charge < -0.3 is 10.6 Å². The van der Waals surface area contributed by atoms with Gasteiger partial charge in [0.05, 0.1) is 6.04 Å². The SMILES string of the molecule is CCCC(C)NC(=O)C(C)NCCCC(F)(F)F. The monoisotopic (exact) mass is 268 g/mol. The van der Waals surface area contributed by atoms with Gasteiger partial charge in [0.15, 0.2) is 0 Å². The Kier molecular flexibility index (Phi) is 7.98. The maximum Gasteiger partial charge on any atom is 0.389 e. The topological polar surface area (TPSA) is 41.1 Å². The van der Waals surface area contributed by atoms with Crippen LogP contribution in [-0.2, 0) is 4.79 Å². The summed E-state index contributed by atoms with van der Waals surface area (Å²) in [6.07, 6.45) is -3.07. The van der Waals surface area contributed by atoms with E-state index in [-0.39, 0.29) is 24.9 Å². The van der Waals surface area contributed by atoms with E-state index in [0.717, 1.165) is 12.8 Å². The molecule has 0 heterocycles. The summed E-state index contributed by atoms with van der Waals surface area (Å²) in [6.45, 7) is 5.79. The standard InChI is InChI=1S/C12H23F3N2O/c1-4-6-9(2)17-11(18)10(3)16-8-5-7-12(13,14)15/h9-10,16H,4-8H2,1-3H3,(H,17,18). The van der Waals surface area contributed by atoms with Gasteiger partial charge >= 0.3 is 6.18 Å². The van der Waals surface area contributed by atoms with Crippen molar-refractivity contribution in [1.29, 1.82) is 0 Å². The lowest BCUT2D eigenvalue weighted by atomic mass is 10.2. The highest BCUT2D eigenvalue weighted by Gasteiger charge is 2.26. The zero-order valence-corrected chi connectivity index (χ0v) is 11.2. The Bertz CT molecular complexity index is 244. The fourth-order valence-corrected chi connectivity index (χ4v) is 1.57. The summed E-state index contributed by atoms with van der Waals surface area (Å²) >= 11 is 0. The lowest BCUT2D eigenvalue weighted by Gasteiger charge is -2.18. The Balaban J connectivity index is 3.74. The third-order valence-corrected chi connectivity index (χ3v) is 2.59. The van der Waals surface area contributed by atoms with Crippen LogP contribution in [-0.4, -0.2) is 30.7 Å². The molecule has 0 radical (unpaired) electrons. The van der Waals surface area contributed by atoms with Crippen LogP contribution in [0.4, 0.5) is 13.2 Å². The molecule has 0 aliphatic heterocycles. The van der Waals surface area contributed by atoms with Crippen molar-refractivity contribution >= 4 is 5.91 Å². The molecule has 0 spiro atoms. The summed E-state index contributed by atoms with van der Waals surface area (Å²) in [4.78, 5) is 11.6. The molecule has 2 N–H and O–H groups in total. The van der Waals surface area contributed by atoms with Gasteiger partial charge in [-0.2, -0.15) is 13.2 Å². The van der Waals surface area contributed by atoms with E-state index in [4.69, 9.17) is 0 Å². The van der Waals surface area contributed by atoms with Crippen molar-refractivity contribution in [3.63, 3.8) is 0 Å². The van der Waals surface area contributed by atoms with Gasteiger partial charge in [0, 0.05) is 12.5 Å². The van der Waals surface area contributed by atoms with E-state index in [0.29, 0.717) is 0 Å². The Hall–Kier alpha value is -0.780. The molecule has 2 atom stereocenters. The molecule has 0 aromatic carbocycles. The van der Waals surface area contributed by atoms with Crippen molar-refractivity contribution in [3.8, 4) is 0 Å². The minimum Gasteiger partial charge on any atom is -0.352 e. The second-order valence-corrected chi connectivity index (χ2v) is 4.59. The van der Waals surface area contributed by atoms with Crippen LogP contribution in [0, 0.1) is 0 Å². The zero-order valence-electron chi connectivity index (χ0n) is 11.2. The molecule has 0 aromatic heterocycles. The molecule has 0 aliphatic rings. The van der Waals surface area contributed by atoms with Crippen molar-refractivity contribution in [3.05, 3.63) is 0 Å². The maximum absolute atomic E-state index is 11.9. The largest absolute Gasteiger partial charge is 0.389 e. The van der Waals surface area contributed by atoms with Crippen LogP contribution >= 0.6 is 0 Å². The highest BCUT2D eigenvalue weighted by Crippen LogP contribution is 2.20. The lowest BCUT2D eigenvalue weighted by molar-refractivity contribution is -0.135. The van der Waals surface area contributed by atoms with Crippen molar-refractivity contribution in [2.24, 2.45) is 0 Å². The third kappa shape index (κ3) is 9.27. The molecule has 18 heavy (non-hydrogen) atoms. The van der Waals surface area contributed by atoms with E-state index in [2.05, 4.69) is 10.6 Å². The Morgan fingerprint density at radius 2 is 1.89 bits per heavy atom. The maximum atomic E-state index is 11.9. The van der Waals surface area contributed by atoms with Crippen LogP contribution in [0.5, 0.6) is 0 Å². The van der Waals surface area contributed by atoms with Crippen molar-refractivity contribution in [1.82, 2.24) is 10.6 Å². The van der Waals surface area contributed by atoms with E-state index in [9.17, 15) is 18.0 Å². The predicted molar refractivity (Wildman–Crippen MR) is 65.3 cm³/mol. The molecule has 0 saturated carbocycles. The van der Waals surface area contributed by atoms with Gasteiger partial charge in [-0.3, -0.25) is 4.79 Å². The second kappa shape index (κ2) is 8.34. The quantitative estimate of drug-likeness (QED) is 0.664. The average molecular weight is 268 g/mol. The molecule has 6 heteroatoms. The number of carbonyl (C=O) groups excluding carboxylic acids is 1. The lowest BCUT2D eigenvalue weighted by Crippen LogP contribution is -2.45. The van der Waals surface area contributed by atoms with Crippen LogP contribution in [0.15, 0.2) is 0 Å². The fraction of sp³-hybridized carbons (Fsp3) is 0.917. The Labute approximate surface area is 107 Å². The van der Waals surface area contributed by atoms with Gasteiger partial charge in [-0.05, 0) is 33.2 Å².